The first-order valence-electron chi connectivity index (χ1n) is 4.58. The number of hydrogen-bond acceptors (Lipinski definition) is 3. The molecule has 0 aromatic carbocycles. The summed E-state index contributed by atoms with van der Waals surface area (Å²) in [6.45, 7) is 2.63. The highest BCUT2D eigenvalue weighted by atomic mass is 16.5. The van der Waals surface area contributed by atoms with E-state index in [4.69, 9.17) is 9.84 Å². The van der Waals surface area contributed by atoms with E-state index in [0.717, 1.165) is 0 Å². The van der Waals surface area contributed by atoms with Gasteiger partial charge in [0.15, 0.2) is 0 Å². The largest absolute Gasteiger partial charge is 0.481 e. The van der Waals surface area contributed by atoms with Gasteiger partial charge in [-0.2, -0.15) is 0 Å². The molecule has 0 bridgehead atoms. The van der Waals surface area contributed by atoms with E-state index < -0.39 is 11.9 Å². The Kier molecular flexibility index (Phi) is 3.46. The Morgan fingerprint density at radius 3 is 2.86 bits per heavy atom. The Morgan fingerprint density at radius 2 is 2.43 bits per heavy atom. The lowest BCUT2D eigenvalue weighted by Gasteiger charge is -2.19. The van der Waals surface area contributed by atoms with E-state index in [9.17, 15) is 9.59 Å². The first-order valence-corrected chi connectivity index (χ1v) is 4.58. The van der Waals surface area contributed by atoms with E-state index in [1.807, 2.05) is 6.92 Å². The second kappa shape index (κ2) is 4.41. The molecule has 1 aliphatic rings. The van der Waals surface area contributed by atoms with E-state index >= 15 is 0 Å². The van der Waals surface area contributed by atoms with Crippen molar-refractivity contribution >= 4 is 11.9 Å². The number of carboxylic acid groups (broad SMARTS) is 1. The van der Waals surface area contributed by atoms with Crippen molar-refractivity contribution in [3.05, 3.63) is 0 Å². The Morgan fingerprint density at radius 1 is 1.79 bits per heavy atom. The third kappa shape index (κ3) is 2.45. The molecule has 1 amide bonds. The second-order valence-corrected chi connectivity index (χ2v) is 3.58. The van der Waals surface area contributed by atoms with E-state index in [1.54, 1.807) is 12.0 Å². The van der Waals surface area contributed by atoms with Gasteiger partial charge in [-0.3, -0.25) is 9.59 Å². The van der Waals surface area contributed by atoms with Crippen LogP contribution < -0.4 is 0 Å². The molecule has 0 aliphatic carbocycles. The Hall–Kier alpha value is -1.10. The van der Waals surface area contributed by atoms with Crippen LogP contribution in [0.25, 0.3) is 0 Å². The average Bonchev–Trinajstić information content (AvgIpc) is 2.48. The number of aliphatic carboxylic acids is 1. The van der Waals surface area contributed by atoms with Gasteiger partial charge in [0.25, 0.3) is 0 Å². The van der Waals surface area contributed by atoms with Crippen LogP contribution >= 0.6 is 0 Å². The standard InChI is InChI=1S/C9H15NO4/c1-6(14-2)4-10-5-7(9(12)13)3-8(10)11/h6-7H,3-5H2,1-2H3,(H,12,13)/t6-,7+/m1/s1. The molecule has 5 heteroatoms. The summed E-state index contributed by atoms with van der Waals surface area (Å²) in [6.07, 6.45) is 0.0673. The highest BCUT2D eigenvalue weighted by Gasteiger charge is 2.34. The fraction of sp³-hybridized carbons (Fsp3) is 0.778. The van der Waals surface area contributed by atoms with E-state index in [0.29, 0.717) is 13.1 Å². The molecule has 1 fully saturated rings. The predicted octanol–water partition coefficient (Wildman–Crippen LogP) is -0.0456. The zero-order valence-electron chi connectivity index (χ0n) is 8.40. The number of likely N-dealkylation sites (tertiary alicyclic amines) is 1. The molecule has 1 heterocycles. The highest BCUT2D eigenvalue weighted by molar-refractivity contribution is 5.86. The van der Waals surface area contributed by atoms with Crippen LogP contribution in [0.3, 0.4) is 0 Å². The topological polar surface area (TPSA) is 66.8 Å². The van der Waals surface area contributed by atoms with Gasteiger partial charge in [0.1, 0.15) is 0 Å². The third-order valence-electron chi connectivity index (χ3n) is 2.44. The molecular weight excluding hydrogens is 186 g/mol. The van der Waals surface area contributed by atoms with Crippen molar-refractivity contribution < 1.29 is 19.4 Å². The molecule has 80 valence electrons. The van der Waals surface area contributed by atoms with Crippen molar-refractivity contribution in [3.63, 3.8) is 0 Å². The lowest BCUT2D eigenvalue weighted by Crippen LogP contribution is -2.33. The van der Waals surface area contributed by atoms with Crippen LogP contribution in [0, 0.1) is 5.92 Å². The summed E-state index contributed by atoms with van der Waals surface area (Å²) in [5, 5.41) is 8.73. The highest BCUT2D eigenvalue weighted by Crippen LogP contribution is 2.18. The summed E-state index contributed by atoms with van der Waals surface area (Å²) in [6, 6.07) is 0. The Balaban J connectivity index is 2.48. The molecule has 0 unspecified atom stereocenters. The van der Waals surface area contributed by atoms with Crippen molar-refractivity contribution in [1.29, 1.82) is 0 Å². The van der Waals surface area contributed by atoms with Crippen LogP contribution in [0.1, 0.15) is 13.3 Å². The molecule has 5 nitrogen and oxygen atoms in total. The van der Waals surface area contributed by atoms with Gasteiger partial charge >= 0.3 is 5.97 Å². The van der Waals surface area contributed by atoms with Gasteiger partial charge in [-0.15, -0.1) is 0 Å². The first kappa shape index (κ1) is 11.0. The predicted molar refractivity (Wildman–Crippen MR) is 48.8 cm³/mol. The molecule has 0 aromatic heterocycles. The monoisotopic (exact) mass is 201 g/mol. The fourth-order valence-corrected chi connectivity index (χ4v) is 1.50. The smallest absolute Gasteiger partial charge is 0.308 e. The zero-order valence-corrected chi connectivity index (χ0v) is 8.40. The quantitative estimate of drug-likeness (QED) is 0.692. The third-order valence-corrected chi connectivity index (χ3v) is 2.44. The molecular formula is C9H15NO4. The fourth-order valence-electron chi connectivity index (χ4n) is 1.50. The number of carbonyl (C=O) groups is 2. The van der Waals surface area contributed by atoms with Crippen LogP contribution in [-0.4, -0.2) is 48.2 Å². The van der Waals surface area contributed by atoms with Gasteiger partial charge < -0.3 is 14.7 Å². The lowest BCUT2D eigenvalue weighted by molar-refractivity contribution is -0.141. The molecule has 1 saturated heterocycles. The molecule has 1 rings (SSSR count). The molecule has 1 aliphatic heterocycles. The lowest BCUT2D eigenvalue weighted by atomic mass is 10.1. The summed E-state index contributed by atoms with van der Waals surface area (Å²) < 4.78 is 5.01. The van der Waals surface area contributed by atoms with Crippen LogP contribution in [0.2, 0.25) is 0 Å². The van der Waals surface area contributed by atoms with Gasteiger partial charge in [0, 0.05) is 26.6 Å². The second-order valence-electron chi connectivity index (χ2n) is 3.58. The van der Waals surface area contributed by atoms with Crippen molar-refractivity contribution in [1.82, 2.24) is 4.90 Å². The summed E-state index contributed by atoms with van der Waals surface area (Å²) in [5.41, 5.74) is 0. The van der Waals surface area contributed by atoms with Crippen LogP contribution in [0.5, 0.6) is 0 Å². The van der Waals surface area contributed by atoms with Gasteiger partial charge in [0.05, 0.1) is 12.0 Å². The number of amides is 1. The molecule has 1 N–H and O–H groups in total. The SMILES string of the molecule is CO[C@H](C)CN1C[C@@H](C(=O)O)CC1=O. The van der Waals surface area contributed by atoms with E-state index in [1.165, 1.54) is 0 Å². The van der Waals surface area contributed by atoms with Crippen LogP contribution in [-0.2, 0) is 14.3 Å². The van der Waals surface area contributed by atoms with Gasteiger partial charge in [-0.1, -0.05) is 0 Å². The minimum absolute atomic E-state index is 0.0495. The van der Waals surface area contributed by atoms with Gasteiger partial charge in [0.2, 0.25) is 5.91 Å². The van der Waals surface area contributed by atoms with Gasteiger partial charge in [-0.05, 0) is 6.92 Å². The molecule has 0 aromatic rings. The van der Waals surface area contributed by atoms with Crippen molar-refractivity contribution in [2.45, 2.75) is 19.4 Å². The average molecular weight is 201 g/mol. The zero-order chi connectivity index (χ0) is 10.7. The van der Waals surface area contributed by atoms with E-state index in [2.05, 4.69) is 0 Å². The van der Waals surface area contributed by atoms with Crippen LogP contribution in [0.15, 0.2) is 0 Å². The molecule has 2 atom stereocenters. The van der Waals surface area contributed by atoms with E-state index in [-0.39, 0.29) is 18.4 Å². The molecule has 0 spiro atoms. The Bertz CT molecular complexity index is 241. The van der Waals surface area contributed by atoms with Gasteiger partial charge in [-0.25, -0.2) is 0 Å². The van der Waals surface area contributed by atoms with Crippen molar-refractivity contribution in [2.75, 3.05) is 20.2 Å². The maximum atomic E-state index is 11.3. The normalized spacial score (nSPS) is 24.0. The number of carbonyl (C=O) groups excluding carboxylic acids is 1. The number of nitrogens with zero attached hydrogens (tertiary/aromatic N) is 1. The number of carboxylic acids is 1. The number of hydrogen-bond donors (Lipinski definition) is 1. The maximum absolute atomic E-state index is 11.3. The maximum Gasteiger partial charge on any atom is 0.308 e. The van der Waals surface area contributed by atoms with Crippen molar-refractivity contribution in [2.24, 2.45) is 5.92 Å². The summed E-state index contributed by atoms with van der Waals surface area (Å²) in [7, 11) is 1.57. The summed E-state index contributed by atoms with van der Waals surface area (Å²) >= 11 is 0. The van der Waals surface area contributed by atoms with Crippen LogP contribution in [0.4, 0.5) is 0 Å². The van der Waals surface area contributed by atoms with Crippen molar-refractivity contribution in [3.8, 4) is 0 Å². The molecule has 14 heavy (non-hydrogen) atoms. The number of rotatable bonds is 4. The number of methoxy groups -OCH3 is 1. The summed E-state index contributed by atoms with van der Waals surface area (Å²) in [4.78, 5) is 23.5. The molecule has 0 saturated carbocycles. The minimum Gasteiger partial charge on any atom is -0.481 e. The summed E-state index contributed by atoms with van der Waals surface area (Å²) in [5.74, 6) is -1.54. The Labute approximate surface area is 82.6 Å². The number of ether oxygens (including phenoxy) is 1. The first-order chi connectivity index (χ1) is 6.54. The molecule has 0 radical (unpaired) electrons. The minimum atomic E-state index is -0.897.